The second-order valence-electron chi connectivity index (χ2n) is 3.81. The maximum absolute atomic E-state index is 12.9. The van der Waals surface area contributed by atoms with Crippen LogP contribution in [0.1, 0.15) is 25.7 Å². The third kappa shape index (κ3) is 4.32. The second kappa shape index (κ2) is 4.10. The lowest BCUT2D eigenvalue weighted by Gasteiger charge is -2.28. The van der Waals surface area contributed by atoms with E-state index in [9.17, 15) is 17.2 Å². The summed E-state index contributed by atoms with van der Waals surface area (Å²) in [5.74, 6) is -2.99. The van der Waals surface area contributed by atoms with E-state index in [1.54, 1.807) is 0 Å². The highest BCUT2D eigenvalue weighted by Gasteiger charge is 2.36. The lowest BCUT2D eigenvalue weighted by molar-refractivity contribution is -0.0582. The van der Waals surface area contributed by atoms with Crippen molar-refractivity contribution in [3.63, 3.8) is 0 Å². The van der Waals surface area contributed by atoms with Crippen LogP contribution in [0.4, 0.5) is 8.78 Å². The van der Waals surface area contributed by atoms with Crippen LogP contribution in [0, 0.1) is 5.92 Å². The van der Waals surface area contributed by atoms with Crippen LogP contribution in [-0.2, 0) is 14.3 Å². The van der Waals surface area contributed by atoms with Crippen LogP contribution in [-0.4, -0.2) is 27.2 Å². The van der Waals surface area contributed by atoms with Crippen LogP contribution in [0.3, 0.4) is 0 Å². The van der Waals surface area contributed by atoms with Crippen LogP contribution in [0.2, 0.25) is 0 Å². The molecule has 0 aliphatic heterocycles. The predicted molar refractivity (Wildman–Crippen MR) is 47.7 cm³/mol. The quantitative estimate of drug-likeness (QED) is 0.692. The number of hydrogen-bond donors (Lipinski definition) is 0. The Balaban J connectivity index is 2.39. The minimum atomic E-state index is -3.51. The summed E-state index contributed by atoms with van der Waals surface area (Å²) >= 11 is 0. The van der Waals surface area contributed by atoms with E-state index in [0.717, 1.165) is 6.26 Å². The van der Waals surface area contributed by atoms with Gasteiger partial charge in [0, 0.05) is 12.8 Å². The van der Waals surface area contributed by atoms with E-state index >= 15 is 0 Å². The van der Waals surface area contributed by atoms with Gasteiger partial charge in [-0.05, 0) is 18.8 Å². The van der Waals surface area contributed by atoms with Crippen molar-refractivity contribution in [3.8, 4) is 0 Å². The first-order valence-corrected chi connectivity index (χ1v) is 6.32. The van der Waals surface area contributed by atoms with Crippen molar-refractivity contribution in [2.24, 2.45) is 5.92 Å². The van der Waals surface area contributed by atoms with Gasteiger partial charge in [-0.15, -0.1) is 0 Å². The van der Waals surface area contributed by atoms with Gasteiger partial charge in [0.1, 0.15) is 0 Å². The highest BCUT2D eigenvalue weighted by Crippen LogP contribution is 2.36. The van der Waals surface area contributed by atoms with E-state index in [0.29, 0.717) is 12.8 Å². The number of hydrogen-bond acceptors (Lipinski definition) is 3. The smallest absolute Gasteiger partial charge is 0.264 e. The van der Waals surface area contributed by atoms with Crippen LogP contribution in [0.5, 0.6) is 0 Å². The Hall–Kier alpha value is -0.230. The second-order valence-corrected chi connectivity index (χ2v) is 5.45. The minimum absolute atomic E-state index is 0.0949. The zero-order chi connectivity index (χ0) is 10.8. The molecule has 0 heterocycles. The number of halogens is 2. The van der Waals surface area contributed by atoms with Crippen molar-refractivity contribution >= 4 is 10.1 Å². The Morgan fingerprint density at radius 2 is 2.14 bits per heavy atom. The Morgan fingerprint density at radius 3 is 2.64 bits per heavy atom. The molecule has 1 atom stereocenters. The molecule has 0 bridgehead atoms. The standard InChI is InChI=1S/C8H14F2O3S/c1-14(11,12)13-6-7-3-2-4-8(9,10)5-7/h7H,2-6H2,1H3/t7-/m1/s1. The lowest BCUT2D eigenvalue weighted by Crippen LogP contribution is -2.29. The van der Waals surface area contributed by atoms with Crippen molar-refractivity contribution in [1.82, 2.24) is 0 Å². The molecule has 1 saturated carbocycles. The first kappa shape index (κ1) is 11.8. The van der Waals surface area contributed by atoms with Crippen molar-refractivity contribution in [1.29, 1.82) is 0 Å². The summed E-state index contributed by atoms with van der Waals surface area (Å²) in [5.41, 5.74) is 0. The van der Waals surface area contributed by atoms with Gasteiger partial charge in [-0.2, -0.15) is 8.42 Å². The van der Waals surface area contributed by atoms with Crippen molar-refractivity contribution in [2.75, 3.05) is 12.9 Å². The third-order valence-corrected chi connectivity index (χ3v) is 2.82. The van der Waals surface area contributed by atoms with Gasteiger partial charge >= 0.3 is 0 Å². The summed E-state index contributed by atoms with van der Waals surface area (Å²) in [6.07, 6.45) is 1.62. The largest absolute Gasteiger partial charge is 0.270 e. The normalized spacial score (nSPS) is 27.5. The molecule has 0 spiro atoms. The van der Waals surface area contributed by atoms with Crippen molar-refractivity contribution in [3.05, 3.63) is 0 Å². The van der Waals surface area contributed by atoms with Crippen LogP contribution in [0.15, 0.2) is 0 Å². The summed E-state index contributed by atoms with van der Waals surface area (Å²) in [4.78, 5) is 0. The van der Waals surface area contributed by atoms with E-state index in [1.165, 1.54) is 0 Å². The molecule has 0 amide bonds. The summed E-state index contributed by atoms with van der Waals surface area (Å²) in [5, 5.41) is 0. The number of alkyl halides is 2. The molecule has 0 N–H and O–H groups in total. The molecule has 14 heavy (non-hydrogen) atoms. The van der Waals surface area contributed by atoms with Gasteiger partial charge in [0.25, 0.3) is 10.1 Å². The molecule has 0 unspecified atom stereocenters. The summed E-state index contributed by atoms with van der Waals surface area (Å²) in [6, 6.07) is 0. The monoisotopic (exact) mass is 228 g/mol. The van der Waals surface area contributed by atoms with Crippen molar-refractivity contribution < 1.29 is 21.4 Å². The fourth-order valence-electron chi connectivity index (χ4n) is 1.64. The molecular weight excluding hydrogens is 214 g/mol. The van der Waals surface area contributed by atoms with Gasteiger partial charge in [0.05, 0.1) is 12.9 Å². The Morgan fingerprint density at radius 1 is 1.50 bits per heavy atom. The summed E-state index contributed by atoms with van der Waals surface area (Å²) in [7, 11) is -3.51. The van der Waals surface area contributed by atoms with Gasteiger partial charge in [-0.3, -0.25) is 4.18 Å². The zero-order valence-corrected chi connectivity index (χ0v) is 8.82. The van der Waals surface area contributed by atoms with E-state index < -0.39 is 16.0 Å². The number of rotatable bonds is 3. The van der Waals surface area contributed by atoms with Gasteiger partial charge in [-0.25, -0.2) is 8.78 Å². The molecule has 0 aromatic heterocycles. The molecule has 1 rings (SSSR count). The fourth-order valence-corrected chi connectivity index (χ4v) is 2.08. The summed E-state index contributed by atoms with van der Waals surface area (Å²) in [6.45, 7) is -0.117. The van der Waals surface area contributed by atoms with Crippen molar-refractivity contribution in [2.45, 2.75) is 31.6 Å². The molecule has 0 aromatic carbocycles. The molecule has 3 nitrogen and oxygen atoms in total. The predicted octanol–water partition coefficient (Wildman–Crippen LogP) is 1.79. The van der Waals surface area contributed by atoms with Gasteiger partial charge < -0.3 is 0 Å². The molecule has 0 saturated heterocycles. The average molecular weight is 228 g/mol. The lowest BCUT2D eigenvalue weighted by atomic mass is 9.87. The van der Waals surface area contributed by atoms with Crippen LogP contribution in [0.25, 0.3) is 0 Å². The Labute approximate surface area is 82.6 Å². The maximum Gasteiger partial charge on any atom is 0.264 e. The molecule has 1 aliphatic rings. The average Bonchev–Trinajstić information content (AvgIpc) is 1.98. The highest BCUT2D eigenvalue weighted by molar-refractivity contribution is 7.85. The molecular formula is C8H14F2O3S. The molecule has 1 aliphatic carbocycles. The Kier molecular flexibility index (Phi) is 3.47. The maximum atomic E-state index is 12.9. The molecule has 84 valence electrons. The van der Waals surface area contributed by atoms with E-state index in [2.05, 4.69) is 4.18 Å². The summed E-state index contributed by atoms with van der Waals surface area (Å²) < 4.78 is 51.5. The fraction of sp³-hybridized carbons (Fsp3) is 1.00. The Bertz CT molecular complexity index is 287. The minimum Gasteiger partial charge on any atom is -0.270 e. The van der Waals surface area contributed by atoms with Gasteiger partial charge in [0.2, 0.25) is 5.92 Å². The van der Waals surface area contributed by atoms with Crippen LogP contribution < -0.4 is 0 Å². The molecule has 0 radical (unpaired) electrons. The third-order valence-electron chi connectivity index (χ3n) is 2.26. The zero-order valence-electron chi connectivity index (χ0n) is 8.00. The first-order valence-electron chi connectivity index (χ1n) is 4.51. The van der Waals surface area contributed by atoms with E-state index in [1.807, 2.05) is 0 Å². The molecule has 1 fully saturated rings. The SMILES string of the molecule is CS(=O)(=O)OC[C@@H]1CCCC(F)(F)C1. The topological polar surface area (TPSA) is 43.4 Å². The van der Waals surface area contributed by atoms with Crippen LogP contribution >= 0.6 is 0 Å². The van der Waals surface area contributed by atoms with E-state index in [4.69, 9.17) is 0 Å². The molecule has 6 heteroatoms. The van der Waals surface area contributed by atoms with Gasteiger partial charge in [0.15, 0.2) is 0 Å². The highest BCUT2D eigenvalue weighted by atomic mass is 32.2. The van der Waals surface area contributed by atoms with E-state index in [-0.39, 0.29) is 25.4 Å². The first-order chi connectivity index (χ1) is 6.29. The molecule has 0 aromatic rings. The van der Waals surface area contributed by atoms with Gasteiger partial charge in [-0.1, -0.05) is 0 Å².